The summed E-state index contributed by atoms with van der Waals surface area (Å²) in [5.41, 5.74) is 0. The summed E-state index contributed by atoms with van der Waals surface area (Å²) < 4.78 is 4.45. The van der Waals surface area contributed by atoms with Gasteiger partial charge in [0.1, 0.15) is 0 Å². The van der Waals surface area contributed by atoms with Crippen LogP contribution in [0.3, 0.4) is 0 Å². The number of nitrogens with zero attached hydrogens (tertiary/aromatic N) is 1. The van der Waals surface area contributed by atoms with Crippen molar-refractivity contribution in [1.82, 2.24) is 15.5 Å². The molecular weight excluding hydrogens is 514 g/mol. The van der Waals surface area contributed by atoms with E-state index in [0.29, 0.717) is 26.1 Å². The average molecular weight is 568 g/mol. The zero-order valence-corrected chi connectivity index (χ0v) is 25.6. The van der Waals surface area contributed by atoms with Crippen LogP contribution in [0.25, 0.3) is 0 Å². The maximum absolute atomic E-state index is 12.0. The Morgan fingerprint density at radius 3 is 1.71 bits per heavy atom. The van der Waals surface area contributed by atoms with E-state index in [1.54, 1.807) is 0 Å². The predicted octanol–water partition coefficient (Wildman–Crippen LogP) is 6.14. The molecule has 0 rings (SSSR count). The largest absolute Gasteiger partial charge is 0.466 e. The number of rotatable bonds is 24. The number of amides is 2. The fraction of sp³-hybridized carbons (Fsp3) is 0.500. The summed E-state index contributed by atoms with van der Waals surface area (Å²) in [6, 6.07) is 0. The number of carbonyl (C=O) groups excluding carboxylic acids is 3. The zero-order valence-electron chi connectivity index (χ0n) is 25.6. The van der Waals surface area contributed by atoms with E-state index >= 15 is 0 Å². The predicted molar refractivity (Wildman–Crippen MR) is 171 cm³/mol. The number of hydrogen-bond donors (Lipinski definition) is 2. The summed E-state index contributed by atoms with van der Waals surface area (Å²) in [4.78, 5) is 36.9. The molecule has 0 aliphatic rings. The second kappa shape index (κ2) is 29.5. The van der Waals surface area contributed by atoms with Crippen LogP contribution in [0.2, 0.25) is 0 Å². The van der Waals surface area contributed by atoms with Gasteiger partial charge in [-0.1, -0.05) is 86.8 Å². The summed E-state index contributed by atoms with van der Waals surface area (Å²) in [5.74, 6) is -0.822. The van der Waals surface area contributed by atoms with Crippen LogP contribution in [0.15, 0.2) is 85.1 Å². The van der Waals surface area contributed by atoms with Gasteiger partial charge in [0.2, 0.25) is 11.8 Å². The molecular formula is C34H53N3O4. The van der Waals surface area contributed by atoms with Crippen LogP contribution in [0.4, 0.5) is 0 Å². The first-order valence-corrected chi connectivity index (χ1v) is 15.0. The second-order valence-electron chi connectivity index (χ2n) is 9.24. The van der Waals surface area contributed by atoms with Gasteiger partial charge in [-0.25, -0.2) is 4.79 Å². The minimum atomic E-state index is -0.560. The molecule has 0 aliphatic carbocycles. The van der Waals surface area contributed by atoms with E-state index in [0.717, 1.165) is 76.6 Å². The molecule has 0 spiro atoms. The van der Waals surface area contributed by atoms with Crippen molar-refractivity contribution in [2.45, 2.75) is 71.6 Å². The van der Waals surface area contributed by atoms with Crippen molar-refractivity contribution in [3.8, 4) is 0 Å². The monoisotopic (exact) mass is 567 g/mol. The fourth-order valence-electron chi connectivity index (χ4n) is 3.51. The van der Waals surface area contributed by atoms with Crippen molar-refractivity contribution in [1.29, 1.82) is 0 Å². The van der Waals surface area contributed by atoms with Crippen molar-refractivity contribution in [3.63, 3.8) is 0 Å². The van der Waals surface area contributed by atoms with Crippen LogP contribution in [0.5, 0.6) is 0 Å². The first-order chi connectivity index (χ1) is 20.0. The molecule has 2 N–H and O–H groups in total. The molecule has 0 aliphatic heterocycles. The SMILES string of the molecule is CC/C=C\C/C=C\C/C=C\C/C=C\C/C=C\C/C=C\CCC(=O)NCCCN(CC)CCNC(=O)/C=C/C(=O)OC. The van der Waals surface area contributed by atoms with E-state index < -0.39 is 5.97 Å². The molecule has 0 atom stereocenters. The normalized spacial score (nSPS) is 12.5. The second-order valence-corrected chi connectivity index (χ2v) is 9.24. The van der Waals surface area contributed by atoms with Crippen LogP contribution in [0, 0.1) is 0 Å². The number of hydrogen-bond acceptors (Lipinski definition) is 5. The maximum Gasteiger partial charge on any atom is 0.330 e. The Kier molecular flexibility index (Phi) is 27.0. The molecule has 0 aromatic rings. The molecule has 0 unspecified atom stereocenters. The average Bonchev–Trinajstić information content (AvgIpc) is 2.98. The number of carbonyl (C=O) groups is 3. The smallest absolute Gasteiger partial charge is 0.330 e. The van der Waals surface area contributed by atoms with Crippen LogP contribution >= 0.6 is 0 Å². The molecule has 0 aromatic carbocycles. The quantitative estimate of drug-likeness (QED) is 0.0633. The van der Waals surface area contributed by atoms with E-state index in [9.17, 15) is 14.4 Å². The fourth-order valence-corrected chi connectivity index (χ4v) is 3.51. The molecule has 0 aromatic heterocycles. The highest BCUT2D eigenvalue weighted by Crippen LogP contribution is 1.98. The van der Waals surface area contributed by atoms with E-state index in [-0.39, 0.29) is 11.8 Å². The lowest BCUT2D eigenvalue weighted by Gasteiger charge is -2.20. The Labute approximate surface area is 248 Å². The molecule has 7 heteroatoms. The van der Waals surface area contributed by atoms with E-state index in [1.807, 2.05) is 0 Å². The van der Waals surface area contributed by atoms with Gasteiger partial charge in [-0.3, -0.25) is 9.59 Å². The standard InChI is InChI=1S/C34H53N3O4/c1-4-6-7-8-9-10-11-12-13-14-15-16-17-18-19-20-21-22-23-25-32(38)35-28-24-30-37(5-2)31-29-36-33(39)26-27-34(40)41-3/h6-7,9-10,12-13,15-16,18-19,21-22,26-27H,4-5,8,11,14,17,20,23-25,28-31H2,1-3H3,(H,35,38)(H,36,39)/b7-6-,10-9-,13-12-,16-15-,19-18-,22-21-,27-26+. The first kappa shape index (κ1) is 37.6. The molecule has 0 radical (unpaired) electrons. The van der Waals surface area contributed by atoms with Gasteiger partial charge in [0, 0.05) is 38.2 Å². The molecule has 7 nitrogen and oxygen atoms in total. The summed E-state index contributed by atoms with van der Waals surface area (Å²) in [6.07, 6.45) is 36.3. The summed E-state index contributed by atoms with van der Waals surface area (Å²) in [7, 11) is 1.26. The molecule has 2 amide bonds. The van der Waals surface area contributed by atoms with E-state index in [4.69, 9.17) is 0 Å². The molecule has 0 bridgehead atoms. The van der Waals surface area contributed by atoms with Gasteiger partial charge in [-0.2, -0.15) is 0 Å². The number of allylic oxidation sites excluding steroid dienone is 12. The van der Waals surface area contributed by atoms with Crippen molar-refractivity contribution in [2.24, 2.45) is 0 Å². The topological polar surface area (TPSA) is 87.7 Å². The van der Waals surface area contributed by atoms with Crippen LogP contribution in [-0.4, -0.2) is 62.5 Å². The third-order valence-corrected chi connectivity index (χ3v) is 5.85. The Hall–Kier alpha value is -3.45. The molecule has 0 fully saturated rings. The van der Waals surface area contributed by atoms with Gasteiger partial charge in [-0.15, -0.1) is 0 Å². The number of ether oxygens (including phenoxy) is 1. The van der Waals surface area contributed by atoms with Crippen molar-refractivity contribution >= 4 is 17.8 Å². The lowest BCUT2D eigenvalue weighted by molar-refractivity contribution is -0.135. The van der Waals surface area contributed by atoms with Gasteiger partial charge < -0.3 is 20.3 Å². The Bertz CT molecular complexity index is 898. The lowest BCUT2D eigenvalue weighted by Crippen LogP contribution is -2.36. The highest BCUT2D eigenvalue weighted by Gasteiger charge is 2.04. The minimum Gasteiger partial charge on any atom is -0.466 e. The summed E-state index contributed by atoms with van der Waals surface area (Å²) >= 11 is 0. The zero-order chi connectivity index (χ0) is 30.2. The molecule has 0 saturated heterocycles. The molecule has 0 heterocycles. The van der Waals surface area contributed by atoms with Crippen molar-refractivity contribution < 1.29 is 19.1 Å². The van der Waals surface area contributed by atoms with Gasteiger partial charge in [0.25, 0.3) is 0 Å². The van der Waals surface area contributed by atoms with Gasteiger partial charge in [0.05, 0.1) is 7.11 Å². The van der Waals surface area contributed by atoms with Crippen LogP contribution in [0.1, 0.15) is 71.6 Å². The van der Waals surface area contributed by atoms with E-state index in [1.165, 1.54) is 7.11 Å². The minimum absolute atomic E-state index is 0.0669. The van der Waals surface area contributed by atoms with Crippen LogP contribution < -0.4 is 10.6 Å². The van der Waals surface area contributed by atoms with Gasteiger partial charge >= 0.3 is 5.97 Å². The number of methoxy groups -OCH3 is 1. The number of esters is 1. The summed E-state index contributed by atoms with van der Waals surface area (Å²) in [6.45, 7) is 7.70. The van der Waals surface area contributed by atoms with Crippen LogP contribution in [-0.2, 0) is 19.1 Å². The maximum atomic E-state index is 12.0. The van der Waals surface area contributed by atoms with E-state index in [2.05, 4.69) is 107 Å². The van der Waals surface area contributed by atoms with Gasteiger partial charge in [-0.05, 0) is 64.5 Å². The van der Waals surface area contributed by atoms with Gasteiger partial charge in [0.15, 0.2) is 0 Å². The molecule has 41 heavy (non-hydrogen) atoms. The summed E-state index contributed by atoms with van der Waals surface area (Å²) in [5, 5.41) is 5.71. The Morgan fingerprint density at radius 2 is 1.20 bits per heavy atom. The third-order valence-electron chi connectivity index (χ3n) is 5.85. The Balaban J connectivity index is 3.76. The van der Waals surface area contributed by atoms with Crippen molar-refractivity contribution in [3.05, 3.63) is 85.1 Å². The third kappa shape index (κ3) is 27.9. The number of nitrogens with one attached hydrogen (secondary N) is 2. The highest BCUT2D eigenvalue weighted by molar-refractivity contribution is 5.94. The highest BCUT2D eigenvalue weighted by atomic mass is 16.5. The van der Waals surface area contributed by atoms with Crippen molar-refractivity contribution in [2.75, 3.05) is 39.8 Å². The number of likely N-dealkylation sites (N-methyl/N-ethyl adjacent to an activating group) is 1. The molecule has 228 valence electrons. The lowest BCUT2D eigenvalue weighted by atomic mass is 10.2. The first-order valence-electron chi connectivity index (χ1n) is 15.0. The molecule has 0 saturated carbocycles. The Morgan fingerprint density at radius 1 is 0.659 bits per heavy atom.